The molecule has 0 saturated heterocycles. The third-order valence-electron chi connectivity index (χ3n) is 3.98. The number of nitrogens with zero attached hydrogens (tertiary/aromatic N) is 1. The van der Waals surface area contributed by atoms with Gasteiger partial charge >= 0.3 is 0 Å². The van der Waals surface area contributed by atoms with Crippen molar-refractivity contribution < 1.29 is 9.00 Å². The molecule has 0 unspecified atom stereocenters. The summed E-state index contributed by atoms with van der Waals surface area (Å²) >= 11 is 12.0. The molecule has 0 aromatic heterocycles. The number of hydrogen-bond donors (Lipinski definition) is 0. The van der Waals surface area contributed by atoms with Gasteiger partial charge in [-0.25, -0.2) is 4.21 Å². The number of amides is 1. The molecule has 0 saturated carbocycles. The van der Waals surface area contributed by atoms with Crippen LogP contribution in [0.4, 0.5) is 11.4 Å². The van der Waals surface area contributed by atoms with Crippen LogP contribution >= 0.6 is 23.2 Å². The number of benzene rings is 3. The first kappa shape index (κ1) is 16.3. The Hall–Kier alpha value is -2.14. The molecule has 6 heteroatoms. The summed E-state index contributed by atoms with van der Waals surface area (Å²) in [4.78, 5) is 16.0. The fourth-order valence-corrected chi connectivity index (χ4v) is 4.46. The standard InChI is InChI=1S/C19H11Cl2NO2S/c20-13-10-9-12(11-14(13)21)19(23)22-15-5-1-3-7-17(15)25(24)18-8-4-2-6-16(18)22/h1-11H. The number of para-hydroxylation sites is 2. The van der Waals surface area contributed by atoms with Crippen molar-refractivity contribution in [2.45, 2.75) is 9.79 Å². The van der Waals surface area contributed by atoms with E-state index in [1.807, 2.05) is 24.3 Å². The fourth-order valence-electron chi connectivity index (χ4n) is 2.82. The second-order valence-corrected chi connectivity index (χ2v) is 7.71. The molecule has 3 aromatic carbocycles. The highest BCUT2D eigenvalue weighted by atomic mass is 35.5. The van der Waals surface area contributed by atoms with Crippen molar-refractivity contribution in [1.29, 1.82) is 0 Å². The predicted molar refractivity (Wildman–Crippen MR) is 100 cm³/mol. The van der Waals surface area contributed by atoms with Gasteiger partial charge in [-0.3, -0.25) is 9.69 Å². The second-order valence-electron chi connectivity index (χ2n) is 5.47. The Kier molecular flexibility index (Phi) is 4.12. The number of rotatable bonds is 1. The molecular weight excluding hydrogens is 377 g/mol. The molecule has 1 aliphatic heterocycles. The van der Waals surface area contributed by atoms with Gasteiger partial charge < -0.3 is 0 Å². The van der Waals surface area contributed by atoms with Crippen LogP contribution in [-0.4, -0.2) is 10.1 Å². The predicted octanol–water partition coefficient (Wildman–Crippen LogP) is 5.45. The minimum Gasteiger partial charge on any atom is -0.275 e. The van der Waals surface area contributed by atoms with Gasteiger partial charge in [0.05, 0.1) is 42.0 Å². The average Bonchev–Trinajstić information content (AvgIpc) is 2.64. The Morgan fingerprint density at radius 2 is 1.36 bits per heavy atom. The highest BCUT2D eigenvalue weighted by Crippen LogP contribution is 2.42. The molecule has 0 spiro atoms. The summed E-state index contributed by atoms with van der Waals surface area (Å²) in [5.74, 6) is -0.254. The number of halogens is 2. The number of anilines is 2. The van der Waals surface area contributed by atoms with Crippen molar-refractivity contribution in [3.8, 4) is 0 Å². The van der Waals surface area contributed by atoms with Crippen LogP contribution in [0.3, 0.4) is 0 Å². The lowest BCUT2D eigenvalue weighted by Crippen LogP contribution is -2.30. The molecule has 0 radical (unpaired) electrons. The van der Waals surface area contributed by atoms with Crippen LogP contribution < -0.4 is 4.90 Å². The largest absolute Gasteiger partial charge is 0.275 e. The third-order valence-corrected chi connectivity index (χ3v) is 6.21. The Labute approximate surface area is 157 Å². The molecule has 0 N–H and O–H groups in total. The molecule has 1 amide bonds. The van der Waals surface area contributed by atoms with Gasteiger partial charge in [-0.05, 0) is 42.5 Å². The average molecular weight is 388 g/mol. The number of hydrogen-bond acceptors (Lipinski definition) is 2. The Balaban J connectivity index is 1.92. The van der Waals surface area contributed by atoms with E-state index in [4.69, 9.17) is 23.2 Å². The third kappa shape index (κ3) is 2.67. The summed E-state index contributed by atoms with van der Waals surface area (Å²) in [5, 5.41) is 0.702. The van der Waals surface area contributed by atoms with E-state index < -0.39 is 10.8 Å². The van der Waals surface area contributed by atoms with E-state index in [0.29, 0.717) is 36.8 Å². The molecule has 25 heavy (non-hydrogen) atoms. The Morgan fingerprint density at radius 3 is 1.92 bits per heavy atom. The maximum absolute atomic E-state index is 13.2. The van der Waals surface area contributed by atoms with Crippen molar-refractivity contribution in [2.75, 3.05) is 4.90 Å². The SMILES string of the molecule is O=C(c1ccc(Cl)c(Cl)c1)N1c2ccccc2S(=O)c2ccccc21. The molecule has 1 aliphatic rings. The van der Waals surface area contributed by atoms with E-state index in [1.54, 1.807) is 47.4 Å². The molecule has 4 rings (SSSR count). The lowest BCUT2D eigenvalue weighted by molar-refractivity contribution is 0.0998. The van der Waals surface area contributed by atoms with Crippen molar-refractivity contribution >= 4 is 51.3 Å². The maximum Gasteiger partial charge on any atom is 0.262 e. The van der Waals surface area contributed by atoms with Crippen LogP contribution in [0, 0.1) is 0 Å². The zero-order chi connectivity index (χ0) is 17.6. The van der Waals surface area contributed by atoms with Gasteiger partial charge in [-0.1, -0.05) is 47.5 Å². The number of carbonyl (C=O) groups excluding carboxylic acids is 1. The molecule has 0 atom stereocenters. The molecular formula is C19H11Cl2NO2S. The van der Waals surface area contributed by atoms with Crippen molar-refractivity contribution in [3.63, 3.8) is 0 Å². The quantitative estimate of drug-likeness (QED) is 0.556. The van der Waals surface area contributed by atoms with E-state index in [0.717, 1.165) is 0 Å². The van der Waals surface area contributed by atoms with Gasteiger partial charge in [0.25, 0.3) is 5.91 Å². The highest BCUT2D eigenvalue weighted by molar-refractivity contribution is 7.85. The summed E-state index contributed by atoms with van der Waals surface area (Å²) in [6, 6.07) is 19.2. The lowest BCUT2D eigenvalue weighted by atomic mass is 10.1. The summed E-state index contributed by atoms with van der Waals surface area (Å²) in [7, 11) is -1.33. The van der Waals surface area contributed by atoms with Crippen molar-refractivity contribution in [3.05, 3.63) is 82.3 Å². The summed E-state index contributed by atoms with van der Waals surface area (Å²) in [6.07, 6.45) is 0. The van der Waals surface area contributed by atoms with Crippen LogP contribution in [0.2, 0.25) is 10.0 Å². The van der Waals surface area contributed by atoms with E-state index >= 15 is 0 Å². The van der Waals surface area contributed by atoms with Crippen LogP contribution in [0.25, 0.3) is 0 Å². The topological polar surface area (TPSA) is 37.4 Å². The fraction of sp³-hybridized carbons (Fsp3) is 0. The Bertz CT molecular complexity index is 986. The number of fused-ring (bicyclic) bond motifs is 2. The normalized spacial score (nSPS) is 13.3. The molecule has 0 fully saturated rings. The maximum atomic E-state index is 13.2. The van der Waals surface area contributed by atoms with Crippen LogP contribution in [-0.2, 0) is 10.8 Å². The first-order valence-electron chi connectivity index (χ1n) is 7.47. The van der Waals surface area contributed by atoms with Gasteiger partial charge in [-0.2, -0.15) is 0 Å². The first-order chi connectivity index (χ1) is 12.1. The zero-order valence-electron chi connectivity index (χ0n) is 12.8. The van der Waals surface area contributed by atoms with Crippen molar-refractivity contribution in [2.24, 2.45) is 0 Å². The minimum absolute atomic E-state index is 0.254. The van der Waals surface area contributed by atoms with Crippen LogP contribution in [0.1, 0.15) is 10.4 Å². The van der Waals surface area contributed by atoms with E-state index in [9.17, 15) is 9.00 Å². The van der Waals surface area contributed by atoms with Crippen molar-refractivity contribution in [1.82, 2.24) is 0 Å². The minimum atomic E-state index is -1.33. The van der Waals surface area contributed by atoms with E-state index in [2.05, 4.69) is 0 Å². The highest BCUT2D eigenvalue weighted by Gasteiger charge is 2.32. The molecule has 3 nitrogen and oxygen atoms in total. The van der Waals surface area contributed by atoms with E-state index in [-0.39, 0.29) is 5.91 Å². The van der Waals surface area contributed by atoms with Gasteiger partial charge in [0.2, 0.25) is 0 Å². The smallest absolute Gasteiger partial charge is 0.262 e. The molecule has 1 heterocycles. The van der Waals surface area contributed by atoms with Crippen LogP contribution in [0.5, 0.6) is 0 Å². The lowest BCUT2D eigenvalue weighted by Gasteiger charge is -2.31. The second kappa shape index (κ2) is 6.30. The van der Waals surface area contributed by atoms with Gasteiger partial charge in [0.1, 0.15) is 0 Å². The number of carbonyl (C=O) groups is 1. The van der Waals surface area contributed by atoms with Gasteiger partial charge in [-0.15, -0.1) is 0 Å². The van der Waals surface area contributed by atoms with Crippen LogP contribution in [0.15, 0.2) is 76.5 Å². The first-order valence-corrected chi connectivity index (χ1v) is 9.38. The molecule has 0 aliphatic carbocycles. The summed E-state index contributed by atoms with van der Waals surface area (Å²) in [5.41, 5.74) is 1.62. The zero-order valence-corrected chi connectivity index (χ0v) is 15.1. The molecule has 0 bridgehead atoms. The Morgan fingerprint density at radius 1 is 0.800 bits per heavy atom. The van der Waals surface area contributed by atoms with Gasteiger partial charge in [0, 0.05) is 5.56 Å². The van der Waals surface area contributed by atoms with E-state index in [1.165, 1.54) is 0 Å². The molecule has 124 valence electrons. The van der Waals surface area contributed by atoms with Gasteiger partial charge in [0.15, 0.2) is 0 Å². The summed E-state index contributed by atoms with van der Waals surface area (Å²) in [6.45, 7) is 0. The summed E-state index contributed by atoms with van der Waals surface area (Å²) < 4.78 is 12.8. The monoisotopic (exact) mass is 387 g/mol. The molecule has 3 aromatic rings.